The second-order valence-corrected chi connectivity index (χ2v) is 8.53. The highest BCUT2D eigenvalue weighted by atomic mass is 32.2. The van der Waals surface area contributed by atoms with Crippen molar-refractivity contribution in [2.45, 2.75) is 30.1 Å². The van der Waals surface area contributed by atoms with Crippen molar-refractivity contribution in [3.05, 3.63) is 12.7 Å². The highest BCUT2D eigenvalue weighted by molar-refractivity contribution is 7.90. The van der Waals surface area contributed by atoms with Gasteiger partial charge in [-0.15, -0.1) is 6.58 Å². The van der Waals surface area contributed by atoms with Crippen LogP contribution in [0.4, 0.5) is 0 Å². The molecule has 3 aliphatic rings. The van der Waals surface area contributed by atoms with Gasteiger partial charge in [-0.3, -0.25) is 9.69 Å². The van der Waals surface area contributed by atoms with Gasteiger partial charge in [-0.1, -0.05) is 6.08 Å². The lowest BCUT2D eigenvalue weighted by atomic mass is 9.91. The van der Waals surface area contributed by atoms with Crippen molar-refractivity contribution in [1.29, 1.82) is 0 Å². The summed E-state index contributed by atoms with van der Waals surface area (Å²) in [5.74, 6) is 0.0455. The SMILES string of the molecule is C=CCN1CCN(C)C(=O)C12CCN(S(=O)(=O)C1CC1)C2. The molecule has 21 heavy (non-hydrogen) atoms. The minimum absolute atomic E-state index is 0.0455. The zero-order valence-electron chi connectivity index (χ0n) is 12.5. The molecule has 2 aliphatic heterocycles. The van der Waals surface area contributed by atoms with Gasteiger partial charge in [-0.05, 0) is 19.3 Å². The Labute approximate surface area is 126 Å². The highest BCUT2D eigenvalue weighted by Gasteiger charge is 2.55. The van der Waals surface area contributed by atoms with Crippen LogP contribution in [0, 0.1) is 0 Å². The van der Waals surface area contributed by atoms with Crippen LogP contribution in [0.3, 0.4) is 0 Å². The maximum absolute atomic E-state index is 12.7. The molecule has 2 saturated heterocycles. The number of nitrogens with zero attached hydrogens (tertiary/aromatic N) is 3. The molecule has 1 spiro atoms. The van der Waals surface area contributed by atoms with Gasteiger partial charge in [0.25, 0.3) is 0 Å². The summed E-state index contributed by atoms with van der Waals surface area (Å²) in [6.45, 7) is 6.58. The van der Waals surface area contributed by atoms with Crippen LogP contribution >= 0.6 is 0 Å². The summed E-state index contributed by atoms with van der Waals surface area (Å²) in [5, 5.41) is -0.211. The van der Waals surface area contributed by atoms with Gasteiger partial charge in [-0.2, -0.15) is 4.31 Å². The summed E-state index contributed by atoms with van der Waals surface area (Å²) in [5.41, 5.74) is -0.691. The summed E-state index contributed by atoms with van der Waals surface area (Å²) in [6.07, 6.45) is 3.89. The quantitative estimate of drug-likeness (QED) is 0.679. The van der Waals surface area contributed by atoms with Gasteiger partial charge < -0.3 is 4.90 Å². The summed E-state index contributed by atoms with van der Waals surface area (Å²) >= 11 is 0. The van der Waals surface area contributed by atoms with Crippen molar-refractivity contribution in [3.8, 4) is 0 Å². The average Bonchev–Trinajstić information content (AvgIpc) is 3.21. The van der Waals surface area contributed by atoms with Crippen molar-refractivity contribution in [3.63, 3.8) is 0 Å². The Kier molecular flexibility index (Phi) is 3.62. The van der Waals surface area contributed by atoms with Crippen molar-refractivity contribution in [2.24, 2.45) is 0 Å². The molecule has 3 fully saturated rings. The third kappa shape index (κ3) is 2.31. The van der Waals surface area contributed by atoms with Gasteiger partial charge in [0.2, 0.25) is 15.9 Å². The molecule has 2 heterocycles. The number of sulfonamides is 1. The number of carbonyl (C=O) groups is 1. The fraction of sp³-hybridized carbons (Fsp3) is 0.786. The summed E-state index contributed by atoms with van der Waals surface area (Å²) in [7, 11) is -1.41. The van der Waals surface area contributed by atoms with E-state index in [2.05, 4.69) is 11.5 Å². The predicted molar refractivity (Wildman–Crippen MR) is 80.3 cm³/mol. The Morgan fingerprint density at radius 3 is 2.67 bits per heavy atom. The Morgan fingerprint density at radius 1 is 1.33 bits per heavy atom. The third-order valence-corrected chi connectivity index (χ3v) is 7.27. The molecule has 1 saturated carbocycles. The number of hydrogen-bond acceptors (Lipinski definition) is 4. The van der Waals surface area contributed by atoms with Crippen molar-refractivity contribution < 1.29 is 13.2 Å². The smallest absolute Gasteiger partial charge is 0.244 e. The van der Waals surface area contributed by atoms with Gasteiger partial charge in [0.1, 0.15) is 5.54 Å². The molecule has 118 valence electrons. The number of amides is 1. The van der Waals surface area contributed by atoms with Crippen LogP contribution in [0.5, 0.6) is 0 Å². The van der Waals surface area contributed by atoms with E-state index in [4.69, 9.17) is 0 Å². The molecule has 1 amide bonds. The number of likely N-dealkylation sites (N-methyl/N-ethyl adjacent to an activating group) is 1. The first-order chi connectivity index (χ1) is 9.91. The van der Waals surface area contributed by atoms with E-state index in [1.54, 1.807) is 18.0 Å². The molecule has 3 rings (SSSR count). The zero-order valence-corrected chi connectivity index (χ0v) is 13.3. The lowest BCUT2D eigenvalue weighted by Gasteiger charge is -2.46. The summed E-state index contributed by atoms with van der Waals surface area (Å²) < 4.78 is 26.4. The van der Waals surface area contributed by atoms with Crippen LogP contribution in [0.1, 0.15) is 19.3 Å². The first-order valence-electron chi connectivity index (χ1n) is 7.52. The molecule has 1 atom stereocenters. The van der Waals surface area contributed by atoms with Crippen LogP contribution in [-0.4, -0.2) is 79.0 Å². The van der Waals surface area contributed by atoms with Crippen LogP contribution in [0.2, 0.25) is 0 Å². The van der Waals surface area contributed by atoms with E-state index in [0.29, 0.717) is 32.6 Å². The molecule has 0 bridgehead atoms. The van der Waals surface area contributed by atoms with Gasteiger partial charge in [-0.25, -0.2) is 8.42 Å². The second-order valence-electron chi connectivity index (χ2n) is 6.32. The Bertz CT molecular complexity index is 558. The first-order valence-corrected chi connectivity index (χ1v) is 9.02. The molecular formula is C14H23N3O3S. The Hall–Kier alpha value is -0.920. The molecule has 1 aliphatic carbocycles. The number of piperazine rings is 1. The lowest BCUT2D eigenvalue weighted by molar-refractivity contribution is -0.148. The molecule has 0 aromatic heterocycles. The van der Waals surface area contributed by atoms with E-state index < -0.39 is 15.6 Å². The van der Waals surface area contributed by atoms with Gasteiger partial charge in [0, 0.05) is 39.8 Å². The standard InChI is InChI=1S/C14H23N3O3S/c1-3-7-16-10-9-15(2)13(18)14(16)6-8-17(11-14)21(19,20)12-4-5-12/h3,12H,1,4-11H2,2H3. The summed E-state index contributed by atoms with van der Waals surface area (Å²) in [6, 6.07) is 0. The molecule has 1 unspecified atom stereocenters. The molecule has 7 heteroatoms. The summed E-state index contributed by atoms with van der Waals surface area (Å²) in [4.78, 5) is 16.6. The van der Waals surface area contributed by atoms with Crippen LogP contribution < -0.4 is 0 Å². The minimum atomic E-state index is -3.21. The normalized spacial score (nSPS) is 32.0. The van der Waals surface area contributed by atoms with E-state index >= 15 is 0 Å². The van der Waals surface area contributed by atoms with Gasteiger partial charge in [0.15, 0.2) is 0 Å². The van der Waals surface area contributed by atoms with E-state index in [0.717, 1.165) is 19.4 Å². The molecule has 0 N–H and O–H groups in total. The van der Waals surface area contributed by atoms with Crippen molar-refractivity contribution in [1.82, 2.24) is 14.1 Å². The second kappa shape index (κ2) is 5.07. The molecule has 0 aromatic carbocycles. The van der Waals surface area contributed by atoms with E-state index in [1.807, 2.05) is 0 Å². The Morgan fingerprint density at radius 2 is 2.05 bits per heavy atom. The third-order valence-electron chi connectivity index (χ3n) is 4.92. The molecule has 0 aromatic rings. The maximum Gasteiger partial charge on any atom is 0.244 e. The Balaban J connectivity index is 1.87. The minimum Gasteiger partial charge on any atom is -0.343 e. The maximum atomic E-state index is 12.7. The molecule has 0 radical (unpaired) electrons. The number of rotatable bonds is 4. The van der Waals surface area contributed by atoms with Crippen molar-refractivity contribution in [2.75, 3.05) is 39.8 Å². The van der Waals surface area contributed by atoms with E-state index in [9.17, 15) is 13.2 Å². The molecular weight excluding hydrogens is 290 g/mol. The van der Waals surface area contributed by atoms with Gasteiger partial charge >= 0.3 is 0 Å². The van der Waals surface area contributed by atoms with E-state index in [-0.39, 0.29) is 11.2 Å². The van der Waals surface area contributed by atoms with Gasteiger partial charge in [0.05, 0.1) is 5.25 Å². The van der Waals surface area contributed by atoms with Crippen LogP contribution in [0.15, 0.2) is 12.7 Å². The number of hydrogen-bond donors (Lipinski definition) is 0. The topological polar surface area (TPSA) is 60.9 Å². The predicted octanol–water partition coefficient (Wildman–Crippen LogP) is -0.117. The first kappa shape index (κ1) is 15.0. The van der Waals surface area contributed by atoms with Crippen LogP contribution in [0.25, 0.3) is 0 Å². The lowest BCUT2D eigenvalue weighted by Crippen LogP contribution is -2.66. The van der Waals surface area contributed by atoms with Crippen LogP contribution in [-0.2, 0) is 14.8 Å². The average molecular weight is 313 g/mol. The largest absolute Gasteiger partial charge is 0.343 e. The number of carbonyl (C=O) groups excluding carboxylic acids is 1. The fourth-order valence-corrected chi connectivity index (χ4v) is 5.38. The highest BCUT2D eigenvalue weighted by Crippen LogP contribution is 2.38. The molecule has 6 nitrogen and oxygen atoms in total. The zero-order chi connectivity index (χ0) is 15.3. The fourth-order valence-electron chi connectivity index (χ4n) is 3.48. The monoisotopic (exact) mass is 313 g/mol. The van der Waals surface area contributed by atoms with Crippen molar-refractivity contribution >= 4 is 15.9 Å². The van der Waals surface area contributed by atoms with E-state index in [1.165, 1.54) is 4.31 Å².